The molecule has 16 heavy (non-hydrogen) atoms. The van der Waals surface area contributed by atoms with Gasteiger partial charge in [0.15, 0.2) is 0 Å². The second-order valence-corrected chi connectivity index (χ2v) is 6.33. The van der Waals surface area contributed by atoms with Crippen molar-refractivity contribution >= 4 is 0 Å². The Morgan fingerprint density at radius 3 is 2.62 bits per heavy atom. The Morgan fingerprint density at radius 1 is 1.25 bits per heavy atom. The Labute approximate surface area is 100 Å². The van der Waals surface area contributed by atoms with Crippen LogP contribution in [0, 0.1) is 0 Å². The largest absolute Gasteiger partial charge is 0.310 e. The third-order valence-electron chi connectivity index (χ3n) is 4.13. The average Bonchev–Trinajstić information content (AvgIpc) is 2.43. The van der Waals surface area contributed by atoms with Crippen molar-refractivity contribution in [2.45, 2.75) is 51.2 Å². The van der Waals surface area contributed by atoms with E-state index < -0.39 is 0 Å². The fourth-order valence-electron chi connectivity index (χ4n) is 3.30. The highest BCUT2D eigenvalue weighted by Crippen LogP contribution is 2.25. The van der Waals surface area contributed by atoms with Crippen molar-refractivity contribution in [3.63, 3.8) is 0 Å². The van der Waals surface area contributed by atoms with Crippen molar-refractivity contribution in [1.82, 2.24) is 15.1 Å². The van der Waals surface area contributed by atoms with E-state index in [0.717, 1.165) is 6.04 Å². The summed E-state index contributed by atoms with van der Waals surface area (Å²) in [6, 6.07) is 1.45. The number of rotatable bonds is 1. The second-order valence-electron chi connectivity index (χ2n) is 6.33. The molecule has 0 aliphatic carbocycles. The standard InChI is InChI=1S/C13H27N3/c1-11-10-15(4)6-5-7-16(11)12-8-13(2,3)14-9-12/h11-12,14H,5-10H2,1-4H3. The molecule has 2 heterocycles. The van der Waals surface area contributed by atoms with Crippen LogP contribution in [-0.2, 0) is 0 Å². The molecule has 2 atom stereocenters. The summed E-state index contributed by atoms with van der Waals surface area (Å²) in [5.41, 5.74) is 0.336. The molecule has 3 heteroatoms. The number of nitrogens with zero attached hydrogens (tertiary/aromatic N) is 2. The Balaban J connectivity index is 1.98. The van der Waals surface area contributed by atoms with Crippen LogP contribution in [0.4, 0.5) is 0 Å². The van der Waals surface area contributed by atoms with Gasteiger partial charge in [-0.3, -0.25) is 4.90 Å². The monoisotopic (exact) mass is 225 g/mol. The highest BCUT2D eigenvalue weighted by Gasteiger charge is 2.36. The third kappa shape index (κ3) is 2.76. The lowest BCUT2D eigenvalue weighted by Gasteiger charge is -2.33. The molecule has 0 aromatic heterocycles. The smallest absolute Gasteiger partial charge is 0.0241 e. The van der Waals surface area contributed by atoms with Gasteiger partial charge in [0.25, 0.3) is 0 Å². The van der Waals surface area contributed by atoms with Gasteiger partial charge in [0.1, 0.15) is 0 Å². The molecule has 2 rings (SSSR count). The van der Waals surface area contributed by atoms with Crippen molar-refractivity contribution in [2.75, 3.05) is 33.2 Å². The SMILES string of the molecule is CC1CN(C)CCCN1C1CNC(C)(C)C1. The molecule has 3 nitrogen and oxygen atoms in total. The maximum atomic E-state index is 3.64. The van der Waals surface area contributed by atoms with Gasteiger partial charge in [-0.15, -0.1) is 0 Å². The normalized spacial score (nSPS) is 37.5. The van der Waals surface area contributed by atoms with Crippen molar-refractivity contribution in [3.8, 4) is 0 Å². The summed E-state index contributed by atoms with van der Waals surface area (Å²) in [5.74, 6) is 0. The Kier molecular flexibility index (Phi) is 3.57. The fourth-order valence-corrected chi connectivity index (χ4v) is 3.30. The molecular formula is C13H27N3. The summed E-state index contributed by atoms with van der Waals surface area (Å²) < 4.78 is 0. The van der Waals surface area contributed by atoms with Crippen LogP contribution in [0.25, 0.3) is 0 Å². The minimum atomic E-state index is 0.336. The molecule has 0 aromatic rings. The van der Waals surface area contributed by atoms with E-state index in [-0.39, 0.29) is 0 Å². The van der Waals surface area contributed by atoms with Crippen molar-refractivity contribution in [1.29, 1.82) is 0 Å². The summed E-state index contributed by atoms with van der Waals surface area (Å²) in [4.78, 5) is 5.20. The molecule has 0 saturated carbocycles. The first-order chi connectivity index (χ1) is 7.48. The molecule has 2 aliphatic heterocycles. The summed E-state index contributed by atoms with van der Waals surface area (Å²) in [6.07, 6.45) is 2.61. The maximum Gasteiger partial charge on any atom is 0.0241 e. The summed E-state index contributed by atoms with van der Waals surface area (Å²) in [5, 5.41) is 3.64. The number of likely N-dealkylation sites (N-methyl/N-ethyl adjacent to an activating group) is 1. The lowest BCUT2D eigenvalue weighted by atomic mass is 10.00. The van der Waals surface area contributed by atoms with E-state index in [0.29, 0.717) is 11.6 Å². The van der Waals surface area contributed by atoms with Gasteiger partial charge in [0, 0.05) is 37.3 Å². The van der Waals surface area contributed by atoms with Crippen LogP contribution in [0.2, 0.25) is 0 Å². The van der Waals surface area contributed by atoms with E-state index in [1.54, 1.807) is 0 Å². The van der Waals surface area contributed by atoms with E-state index in [9.17, 15) is 0 Å². The molecular weight excluding hydrogens is 198 g/mol. The number of nitrogens with one attached hydrogen (secondary N) is 1. The first-order valence-corrected chi connectivity index (χ1v) is 6.67. The van der Waals surface area contributed by atoms with E-state index in [4.69, 9.17) is 0 Å². The third-order valence-corrected chi connectivity index (χ3v) is 4.13. The predicted octanol–water partition coefficient (Wildman–Crippen LogP) is 1.15. The van der Waals surface area contributed by atoms with E-state index in [1.165, 1.54) is 39.0 Å². The van der Waals surface area contributed by atoms with Crippen molar-refractivity contribution in [2.24, 2.45) is 0 Å². The van der Waals surface area contributed by atoms with Crippen molar-refractivity contribution < 1.29 is 0 Å². The van der Waals surface area contributed by atoms with Crippen LogP contribution in [0.5, 0.6) is 0 Å². The van der Waals surface area contributed by atoms with Gasteiger partial charge in [0.2, 0.25) is 0 Å². The zero-order valence-corrected chi connectivity index (χ0v) is 11.3. The molecule has 2 aliphatic rings. The van der Waals surface area contributed by atoms with Crippen LogP contribution in [-0.4, -0.2) is 60.6 Å². The van der Waals surface area contributed by atoms with E-state index in [2.05, 4.69) is 42.9 Å². The molecule has 0 amide bonds. The zero-order chi connectivity index (χ0) is 11.8. The van der Waals surface area contributed by atoms with Gasteiger partial charge >= 0.3 is 0 Å². The first kappa shape index (κ1) is 12.3. The molecule has 0 spiro atoms. The molecule has 0 aromatic carbocycles. The minimum Gasteiger partial charge on any atom is -0.310 e. The van der Waals surface area contributed by atoms with Gasteiger partial charge < -0.3 is 10.2 Å². The van der Waals surface area contributed by atoms with Gasteiger partial charge in [-0.25, -0.2) is 0 Å². The van der Waals surface area contributed by atoms with Crippen LogP contribution < -0.4 is 5.32 Å². The zero-order valence-electron chi connectivity index (χ0n) is 11.3. The lowest BCUT2D eigenvalue weighted by Crippen LogP contribution is -2.45. The quantitative estimate of drug-likeness (QED) is 0.722. The molecule has 94 valence electrons. The topological polar surface area (TPSA) is 18.5 Å². The number of hydrogen-bond acceptors (Lipinski definition) is 3. The van der Waals surface area contributed by atoms with Crippen LogP contribution in [0.15, 0.2) is 0 Å². The van der Waals surface area contributed by atoms with E-state index in [1.807, 2.05) is 0 Å². The highest BCUT2D eigenvalue weighted by atomic mass is 15.3. The predicted molar refractivity (Wildman–Crippen MR) is 68.8 cm³/mol. The summed E-state index contributed by atoms with van der Waals surface area (Å²) in [6.45, 7) is 11.9. The fraction of sp³-hybridized carbons (Fsp3) is 1.00. The Bertz CT molecular complexity index is 239. The van der Waals surface area contributed by atoms with Gasteiger partial charge in [-0.2, -0.15) is 0 Å². The number of hydrogen-bond donors (Lipinski definition) is 1. The lowest BCUT2D eigenvalue weighted by molar-refractivity contribution is 0.148. The molecule has 2 saturated heterocycles. The second kappa shape index (κ2) is 4.63. The molecule has 2 fully saturated rings. The van der Waals surface area contributed by atoms with Gasteiger partial charge in [0.05, 0.1) is 0 Å². The summed E-state index contributed by atoms with van der Waals surface area (Å²) >= 11 is 0. The average molecular weight is 225 g/mol. The summed E-state index contributed by atoms with van der Waals surface area (Å²) in [7, 11) is 2.25. The Morgan fingerprint density at radius 2 is 2.00 bits per heavy atom. The van der Waals surface area contributed by atoms with Crippen molar-refractivity contribution in [3.05, 3.63) is 0 Å². The molecule has 1 N–H and O–H groups in total. The first-order valence-electron chi connectivity index (χ1n) is 6.67. The van der Waals surface area contributed by atoms with Gasteiger partial charge in [-0.05, 0) is 47.2 Å². The minimum absolute atomic E-state index is 0.336. The van der Waals surface area contributed by atoms with E-state index >= 15 is 0 Å². The molecule has 0 bridgehead atoms. The molecule has 2 unspecified atom stereocenters. The Hall–Kier alpha value is -0.120. The van der Waals surface area contributed by atoms with Crippen LogP contribution in [0.3, 0.4) is 0 Å². The van der Waals surface area contributed by atoms with Gasteiger partial charge in [-0.1, -0.05) is 0 Å². The van der Waals surface area contributed by atoms with Crippen LogP contribution >= 0.6 is 0 Å². The van der Waals surface area contributed by atoms with Crippen LogP contribution in [0.1, 0.15) is 33.6 Å². The maximum absolute atomic E-state index is 3.64. The molecule has 0 radical (unpaired) electrons. The highest BCUT2D eigenvalue weighted by molar-refractivity contribution is 4.96.